The molecule has 13 heavy (non-hydrogen) atoms. The van der Waals surface area contributed by atoms with Gasteiger partial charge in [0.15, 0.2) is 0 Å². The van der Waals surface area contributed by atoms with Gasteiger partial charge < -0.3 is 4.18 Å². The molecule has 0 aliphatic carbocycles. The van der Waals surface area contributed by atoms with Gasteiger partial charge in [-0.2, -0.15) is 0 Å². The second-order valence-electron chi connectivity index (χ2n) is 2.47. The number of hydrogen-bond acceptors (Lipinski definition) is 4. The summed E-state index contributed by atoms with van der Waals surface area (Å²) in [5.41, 5.74) is 0. The summed E-state index contributed by atoms with van der Waals surface area (Å²) >= 11 is -1.18. The fourth-order valence-electron chi connectivity index (χ4n) is 0.420. The van der Waals surface area contributed by atoms with E-state index < -0.39 is 11.1 Å². The van der Waals surface area contributed by atoms with Crippen LogP contribution in [0.5, 0.6) is 0 Å². The minimum absolute atomic E-state index is 0.694. The lowest BCUT2D eigenvalue weighted by molar-refractivity contribution is 0.510. The molecule has 0 aliphatic rings. The van der Waals surface area contributed by atoms with Gasteiger partial charge in [-0.05, 0) is 12.5 Å². The summed E-state index contributed by atoms with van der Waals surface area (Å²) in [5.74, 6) is 0.895. The van der Waals surface area contributed by atoms with Crippen molar-refractivity contribution in [3.8, 4) is 0 Å². The molecular weight excluding hydrogens is 224 g/mol. The maximum absolute atomic E-state index is 10.5. The molecule has 0 radical (unpaired) electrons. The zero-order valence-corrected chi connectivity index (χ0v) is 10.6. The lowest BCUT2D eigenvalue weighted by Gasteiger charge is -2.04. The maximum atomic E-state index is 10.5. The quantitative estimate of drug-likeness (QED) is 0.388. The average Bonchev–Trinajstić information content (AvgIpc) is 2.10. The predicted molar refractivity (Wildman–Crippen MR) is 64.1 cm³/mol. The maximum Gasteiger partial charge on any atom is 0.202 e. The molecule has 0 saturated heterocycles. The van der Waals surface area contributed by atoms with Crippen molar-refractivity contribution in [1.82, 2.24) is 0 Å². The van der Waals surface area contributed by atoms with Crippen molar-refractivity contribution >= 4 is 32.7 Å². The van der Waals surface area contributed by atoms with Gasteiger partial charge in [0, 0.05) is 17.3 Å². The van der Waals surface area contributed by atoms with Gasteiger partial charge in [0.25, 0.3) is 0 Å². The number of rotatable bonds is 7. The molecule has 0 aliphatic heterocycles. The second kappa shape index (κ2) is 8.97. The summed E-state index contributed by atoms with van der Waals surface area (Å²) in [6.07, 6.45) is 6.07. The molecule has 2 nitrogen and oxygen atoms in total. The molecule has 0 unspecified atom stereocenters. The average molecular weight is 240 g/mol. The Morgan fingerprint density at radius 2 is 2.31 bits per heavy atom. The second-order valence-corrected chi connectivity index (χ2v) is 6.31. The van der Waals surface area contributed by atoms with E-state index in [9.17, 15) is 4.21 Å². The van der Waals surface area contributed by atoms with E-state index in [1.165, 1.54) is 18.9 Å². The van der Waals surface area contributed by atoms with E-state index in [0.29, 0.717) is 5.25 Å². The van der Waals surface area contributed by atoms with E-state index >= 15 is 0 Å². The van der Waals surface area contributed by atoms with Crippen LogP contribution in [0.2, 0.25) is 0 Å². The van der Waals surface area contributed by atoms with Crippen molar-refractivity contribution in [2.45, 2.75) is 25.5 Å². The van der Waals surface area contributed by atoms with E-state index in [1.807, 2.05) is 16.9 Å². The van der Waals surface area contributed by atoms with Gasteiger partial charge in [-0.15, -0.1) is 0 Å². The van der Waals surface area contributed by atoms with E-state index in [-0.39, 0.29) is 0 Å². The van der Waals surface area contributed by atoms with Crippen LogP contribution in [0.1, 0.15) is 20.3 Å². The molecule has 0 bridgehead atoms. The van der Waals surface area contributed by atoms with E-state index in [2.05, 4.69) is 13.8 Å². The molecule has 0 amide bonds. The Hall–Kier alpha value is 0.390. The lowest BCUT2D eigenvalue weighted by Crippen LogP contribution is -1.88. The van der Waals surface area contributed by atoms with Crippen LogP contribution in [-0.2, 0) is 15.3 Å². The molecule has 0 fully saturated rings. The highest BCUT2D eigenvalue weighted by atomic mass is 33.1. The topological polar surface area (TPSA) is 26.3 Å². The van der Waals surface area contributed by atoms with Gasteiger partial charge in [0.05, 0.1) is 0 Å². The van der Waals surface area contributed by atoms with Crippen LogP contribution >= 0.6 is 21.6 Å². The van der Waals surface area contributed by atoms with Crippen LogP contribution < -0.4 is 0 Å². The van der Waals surface area contributed by atoms with Gasteiger partial charge in [-0.1, -0.05) is 35.4 Å². The zero-order valence-electron chi connectivity index (χ0n) is 8.19. The minimum Gasteiger partial charge on any atom is -0.409 e. The molecule has 78 valence electrons. The Labute approximate surface area is 90.9 Å². The summed E-state index contributed by atoms with van der Waals surface area (Å²) in [7, 11) is 3.66. The molecule has 2 atom stereocenters. The smallest absolute Gasteiger partial charge is 0.202 e. The SMILES string of the molecule is CC[C@@H](C)SSC/C=C\O[S@](C)=O. The predicted octanol–water partition coefficient (Wildman–Crippen LogP) is 2.99. The summed E-state index contributed by atoms with van der Waals surface area (Å²) in [4.78, 5) is 0. The summed E-state index contributed by atoms with van der Waals surface area (Å²) in [6.45, 7) is 4.39. The van der Waals surface area contributed by atoms with Crippen molar-refractivity contribution in [2.24, 2.45) is 0 Å². The van der Waals surface area contributed by atoms with Crippen LogP contribution in [0.3, 0.4) is 0 Å². The summed E-state index contributed by atoms with van der Waals surface area (Å²) < 4.78 is 15.2. The van der Waals surface area contributed by atoms with Gasteiger partial charge in [0.2, 0.25) is 11.1 Å². The molecule has 0 aromatic heterocycles. The van der Waals surface area contributed by atoms with Gasteiger partial charge >= 0.3 is 0 Å². The van der Waals surface area contributed by atoms with Crippen LogP contribution in [-0.4, -0.2) is 21.5 Å². The third-order valence-corrected chi connectivity index (χ3v) is 4.57. The monoisotopic (exact) mass is 240 g/mol. The molecular formula is C8H16O2S3. The normalized spacial score (nSPS) is 15.9. The Morgan fingerprint density at radius 3 is 2.85 bits per heavy atom. The van der Waals surface area contributed by atoms with Gasteiger partial charge in [0.1, 0.15) is 6.26 Å². The highest BCUT2D eigenvalue weighted by Crippen LogP contribution is 2.27. The highest BCUT2D eigenvalue weighted by molar-refractivity contribution is 8.77. The van der Waals surface area contributed by atoms with Gasteiger partial charge in [-0.25, -0.2) is 4.21 Å². The first-order valence-electron chi connectivity index (χ1n) is 4.10. The summed E-state index contributed by atoms with van der Waals surface area (Å²) in [5, 5.41) is 0.694. The lowest BCUT2D eigenvalue weighted by atomic mass is 10.4. The standard InChI is InChI=1S/C8H16O2S3/c1-4-8(2)12-11-7-5-6-10-13(3)9/h5-6,8H,4,7H2,1-3H3/b6-5-/t8-,13-/m1/s1. The largest absolute Gasteiger partial charge is 0.409 e. The minimum atomic E-state index is -1.18. The molecule has 0 saturated carbocycles. The molecule has 0 aromatic carbocycles. The van der Waals surface area contributed by atoms with Gasteiger partial charge in [-0.3, -0.25) is 0 Å². The Kier molecular flexibility index (Phi) is 9.23. The molecule has 5 heteroatoms. The Bertz CT molecular complexity index is 171. The van der Waals surface area contributed by atoms with Crippen LogP contribution in [0.25, 0.3) is 0 Å². The fourth-order valence-corrected chi connectivity index (χ4v) is 2.84. The van der Waals surface area contributed by atoms with Crippen molar-refractivity contribution in [2.75, 3.05) is 12.0 Å². The first-order valence-corrected chi connectivity index (χ1v) is 7.97. The Morgan fingerprint density at radius 1 is 1.62 bits per heavy atom. The van der Waals surface area contributed by atoms with E-state index in [4.69, 9.17) is 4.18 Å². The zero-order chi connectivity index (χ0) is 10.1. The van der Waals surface area contributed by atoms with E-state index in [1.54, 1.807) is 10.8 Å². The number of hydrogen-bond donors (Lipinski definition) is 0. The molecule has 0 rings (SSSR count). The molecule has 0 N–H and O–H groups in total. The molecule has 0 aromatic rings. The first kappa shape index (κ1) is 13.4. The van der Waals surface area contributed by atoms with Crippen molar-refractivity contribution in [3.05, 3.63) is 12.3 Å². The van der Waals surface area contributed by atoms with Crippen LogP contribution in [0, 0.1) is 0 Å². The van der Waals surface area contributed by atoms with Crippen molar-refractivity contribution < 1.29 is 8.39 Å². The highest BCUT2D eigenvalue weighted by Gasteiger charge is 1.97. The van der Waals surface area contributed by atoms with E-state index in [0.717, 1.165) is 5.75 Å². The molecule has 0 heterocycles. The fraction of sp³-hybridized carbons (Fsp3) is 0.750. The van der Waals surface area contributed by atoms with Crippen LogP contribution in [0.4, 0.5) is 0 Å². The third-order valence-electron chi connectivity index (χ3n) is 1.26. The summed E-state index contributed by atoms with van der Waals surface area (Å²) in [6, 6.07) is 0. The Balaban J connectivity index is 3.25. The molecule has 0 spiro atoms. The van der Waals surface area contributed by atoms with Crippen LogP contribution in [0.15, 0.2) is 12.3 Å². The van der Waals surface area contributed by atoms with Crippen molar-refractivity contribution in [3.63, 3.8) is 0 Å². The van der Waals surface area contributed by atoms with Crippen molar-refractivity contribution in [1.29, 1.82) is 0 Å². The third kappa shape index (κ3) is 10.3. The first-order chi connectivity index (χ1) is 6.16.